The van der Waals surface area contributed by atoms with Gasteiger partial charge in [-0.2, -0.15) is 12.7 Å². The first-order chi connectivity index (χ1) is 6.31. The lowest BCUT2D eigenvalue weighted by Crippen LogP contribution is -2.55. The molecule has 14 heavy (non-hydrogen) atoms. The molecule has 0 unspecified atom stereocenters. The summed E-state index contributed by atoms with van der Waals surface area (Å²) >= 11 is 0. The first-order valence-electron chi connectivity index (χ1n) is 4.73. The van der Waals surface area contributed by atoms with E-state index >= 15 is 0 Å². The fourth-order valence-electron chi connectivity index (χ4n) is 1.16. The predicted octanol–water partition coefficient (Wildman–Crippen LogP) is -0.100. The van der Waals surface area contributed by atoms with Crippen LogP contribution in [0.4, 0.5) is 0 Å². The lowest BCUT2D eigenvalue weighted by molar-refractivity contribution is 0.233. The van der Waals surface area contributed by atoms with Crippen molar-refractivity contribution in [3.63, 3.8) is 0 Å². The molecule has 0 radical (unpaired) electrons. The molecule has 0 aliphatic heterocycles. The van der Waals surface area contributed by atoms with Crippen LogP contribution in [0.15, 0.2) is 0 Å². The Balaban J connectivity index is 4.96. The van der Waals surface area contributed by atoms with Crippen molar-refractivity contribution in [2.45, 2.75) is 32.7 Å². The zero-order chi connectivity index (χ0) is 11.4. The number of rotatable bonds is 6. The Hall–Kier alpha value is -0.170. The van der Waals surface area contributed by atoms with Gasteiger partial charge in [0.1, 0.15) is 0 Å². The average molecular weight is 223 g/mol. The summed E-state index contributed by atoms with van der Waals surface area (Å²) < 4.78 is 27.0. The Morgan fingerprint density at radius 1 is 1.43 bits per heavy atom. The predicted molar refractivity (Wildman–Crippen MR) is 58.1 cm³/mol. The third-order valence-corrected chi connectivity index (χ3v) is 3.92. The van der Waals surface area contributed by atoms with E-state index in [-0.39, 0.29) is 0 Å². The summed E-state index contributed by atoms with van der Waals surface area (Å²) in [7, 11) is -1.98. The van der Waals surface area contributed by atoms with Crippen molar-refractivity contribution in [2.24, 2.45) is 5.73 Å². The standard InChI is InChI=1S/C8H21N3O2S/c1-5-6-11(8(2,3)7-9)14(12,13)10-4/h10H,5-7,9H2,1-4H3. The second kappa shape index (κ2) is 5.06. The van der Waals surface area contributed by atoms with Crippen LogP contribution >= 0.6 is 0 Å². The number of nitrogens with two attached hydrogens (primary N) is 1. The molecule has 0 aliphatic carbocycles. The molecule has 0 atom stereocenters. The first-order valence-corrected chi connectivity index (χ1v) is 6.17. The molecular weight excluding hydrogens is 202 g/mol. The Bertz CT molecular complexity index is 262. The van der Waals surface area contributed by atoms with Gasteiger partial charge in [-0.05, 0) is 20.3 Å². The Morgan fingerprint density at radius 2 is 1.93 bits per heavy atom. The van der Waals surface area contributed by atoms with Crippen molar-refractivity contribution in [3.05, 3.63) is 0 Å². The fourth-order valence-corrected chi connectivity index (χ4v) is 2.53. The zero-order valence-electron chi connectivity index (χ0n) is 9.37. The number of nitrogens with zero attached hydrogens (tertiary/aromatic N) is 1. The molecule has 0 saturated carbocycles. The van der Waals surface area contributed by atoms with Crippen LogP contribution in [0.2, 0.25) is 0 Å². The molecule has 0 aliphatic rings. The molecule has 0 heterocycles. The van der Waals surface area contributed by atoms with Crippen LogP contribution in [0.1, 0.15) is 27.2 Å². The van der Waals surface area contributed by atoms with Gasteiger partial charge in [0.15, 0.2) is 0 Å². The third kappa shape index (κ3) is 3.20. The van der Waals surface area contributed by atoms with Gasteiger partial charge >= 0.3 is 0 Å². The summed E-state index contributed by atoms with van der Waals surface area (Å²) in [5.41, 5.74) is 5.01. The van der Waals surface area contributed by atoms with E-state index in [1.165, 1.54) is 11.4 Å². The van der Waals surface area contributed by atoms with Gasteiger partial charge in [0.05, 0.1) is 0 Å². The summed E-state index contributed by atoms with van der Waals surface area (Å²) in [6.07, 6.45) is 0.768. The SMILES string of the molecule is CCCN(C(C)(C)CN)S(=O)(=O)NC. The average Bonchev–Trinajstić information content (AvgIpc) is 2.13. The Morgan fingerprint density at radius 3 is 2.21 bits per heavy atom. The van der Waals surface area contributed by atoms with Crippen molar-refractivity contribution in [1.82, 2.24) is 9.03 Å². The van der Waals surface area contributed by atoms with Gasteiger partial charge in [0.25, 0.3) is 10.2 Å². The Labute approximate surface area is 86.8 Å². The third-order valence-electron chi connectivity index (χ3n) is 2.15. The normalized spacial score (nSPS) is 13.6. The minimum Gasteiger partial charge on any atom is -0.329 e. The van der Waals surface area contributed by atoms with E-state index in [0.717, 1.165) is 6.42 Å². The number of hydrogen-bond acceptors (Lipinski definition) is 3. The molecule has 0 spiro atoms. The monoisotopic (exact) mass is 223 g/mol. The van der Waals surface area contributed by atoms with Crippen LogP contribution < -0.4 is 10.5 Å². The molecule has 0 saturated heterocycles. The van der Waals surface area contributed by atoms with Crippen LogP contribution in [0.5, 0.6) is 0 Å². The lowest BCUT2D eigenvalue weighted by Gasteiger charge is -2.35. The minimum absolute atomic E-state index is 0.300. The maximum absolute atomic E-state index is 11.7. The van der Waals surface area contributed by atoms with Crippen molar-refractivity contribution in [3.8, 4) is 0 Å². The minimum atomic E-state index is -3.39. The molecule has 0 aromatic carbocycles. The van der Waals surface area contributed by atoms with Gasteiger partial charge in [-0.1, -0.05) is 6.92 Å². The summed E-state index contributed by atoms with van der Waals surface area (Å²) in [6.45, 7) is 6.35. The summed E-state index contributed by atoms with van der Waals surface area (Å²) in [5, 5.41) is 0. The summed E-state index contributed by atoms with van der Waals surface area (Å²) in [5.74, 6) is 0. The molecule has 0 amide bonds. The van der Waals surface area contributed by atoms with Gasteiger partial charge in [-0.3, -0.25) is 0 Å². The van der Waals surface area contributed by atoms with E-state index in [9.17, 15) is 8.42 Å². The maximum atomic E-state index is 11.7. The van der Waals surface area contributed by atoms with Crippen LogP contribution in [-0.2, 0) is 10.2 Å². The maximum Gasteiger partial charge on any atom is 0.279 e. The molecule has 0 fully saturated rings. The van der Waals surface area contributed by atoms with E-state index in [4.69, 9.17) is 5.73 Å². The van der Waals surface area contributed by atoms with Gasteiger partial charge in [-0.15, -0.1) is 0 Å². The smallest absolute Gasteiger partial charge is 0.279 e. The van der Waals surface area contributed by atoms with Crippen molar-refractivity contribution < 1.29 is 8.42 Å². The molecule has 0 bridgehead atoms. The van der Waals surface area contributed by atoms with Gasteiger partial charge in [-0.25, -0.2) is 4.72 Å². The number of hydrogen-bond donors (Lipinski definition) is 2. The van der Waals surface area contributed by atoms with E-state index in [1.807, 2.05) is 20.8 Å². The molecular formula is C8H21N3O2S. The molecule has 0 rings (SSSR count). The topological polar surface area (TPSA) is 75.4 Å². The van der Waals surface area contributed by atoms with Gasteiger partial charge < -0.3 is 5.73 Å². The first kappa shape index (κ1) is 13.8. The van der Waals surface area contributed by atoms with E-state index in [1.54, 1.807) is 0 Å². The van der Waals surface area contributed by atoms with Crippen molar-refractivity contribution in [2.75, 3.05) is 20.1 Å². The van der Waals surface area contributed by atoms with Crippen LogP contribution in [-0.4, -0.2) is 38.4 Å². The largest absolute Gasteiger partial charge is 0.329 e. The molecule has 86 valence electrons. The van der Waals surface area contributed by atoms with Gasteiger partial charge in [0.2, 0.25) is 0 Å². The van der Waals surface area contributed by atoms with E-state index in [2.05, 4.69) is 4.72 Å². The van der Waals surface area contributed by atoms with Crippen LogP contribution in [0.3, 0.4) is 0 Å². The van der Waals surface area contributed by atoms with Crippen LogP contribution in [0.25, 0.3) is 0 Å². The van der Waals surface area contributed by atoms with Gasteiger partial charge in [0, 0.05) is 25.7 Å². The van der Waals surface area contributed by atoms with E-state index < -0.39 is 15.7 Å². The quantitative estimate of drug-likeness (QED) is 0.660. The highest BCUT2D eigenvalue weighted by molar-refractivity contribution is 7.87. The lowest BCUT2D eigenvalue weighted by atomic mass is 10.1. The molecule has 3 N–H and O–H groups in total. The fraction of sp³-hybridized carbons (Fsp3) is 1.00. The number of nitrogens with one attached hydrogen (secondary N) is 1. The molecule has 5 nitrogen and oxygen atoms in total. The van der Waals surface area contributed by atoms with Crippen molar-refractivity contribution in [1.29, 1.82) is 0 Å². The van der Waals surface area contributed by atoms with Crippen molar-refractivity contribution >= 4 is 10.2 Å². The molecule has 0 aromatic heterocycles. The van der Waals surface area contributed by atoms with E-state index in [0.29, 0.717) is 13.1 Å². The summed E-state index contributed by atoms with van der Waals surface area (Å²) in [4.78, 5) is 0. The highest BCUT2D eigenvalue weighted by atomic mass is 32.2. The highest BCUT2D eigenvalue weighted by Crippen LogP contribution is 2.16. The highest BCUT2D eigenvalue weighted by Gasteiger charge is 2.33. The zero-order valence-corrected chi connectivity index (χ0v) is 10.2. The Kier molecular flexibility index (Phi) is 5.00. The second-order valence-corrected chi connectivity index (χ2v) is 5.60. The second-order valence-electron chi connectivity index (χ2n) is 3.80. The molecule has 0 aromatic rings. The molecule has 6 heteroatoms. The summed E-state index contributed by atoms with van der Waals surface area (Å²) in [6, 6.07) is 0. The van der Waals surface area contributed by atoms with Crippen LogP contribution in [0, 0.1) is 0 Å².